The van der Waals surface area contributed by atoms with Crippen LogP contribution in [0, 0.1) is 0 Å². The van der Waals surface area contributed by atoms with E-state index in [0.717, 1.165) is 24.9 Å². The van der Waals surface area contributed by atoms with Crippen molar-refractivity contribution in [2.75, 3.05) is 6.54 Å². The Labute approximate surface area is 138 Å². The molecule has 1 aromatic carbocycles. The van der Waals surface area contributed by atoms with E-state index in [0.29, 0.717) is 22.5 Å². The number of oxazole rings is 1. The fraction of sp³-hybridized carbons (Fsp3) is 0.333. The number of benzene rings is 1. The van der Waals surface area contributed by atoms with E-state index >= 15 is 0 Å². The first kappa shape index (κ1) is 15.3. The molecule has 0 bridgehead atoms. The number of nitrogens with one attached hydrogen (secondary N) is 2. The topological polar surface area (TPSA) is 67.2 Å². The summed E-state index contributed by atoms with van der Waals surface area (Å²) in [5, 5.41) is 7.01. The van der Waals surface area contributed by atoms with Crippen molar-refractivity contribution < 1.29 is 9.21 Å². The van der Waals surface area contributed by atoms with Crippen molar-refractivity contribution in [1.29, 1.82) is 0 Å². The standard InChI is InChI=1S/C15H15Cl2N3O2/c16-10-4-3-9(6-11(10)17)7-19-14(21)13-8-22-15(20-13)12-2-1-5-18-12/h3-4,6,8,12,18H,1-2,5,7H2,(H,19,21). The molecule has 2 heterocycles. The second kappa shape index (κ2) is 6.69. The Kier molecular flexibility index (Phi) is 4.66. The van der Waals surface area contributed by atoms with Crippen LogP contribution in [0.2, 0.25) is 10.0 Å². The molecule has 1 saturated heterocycles. The quantitative estimate of drug-likeness (QED) is 0.896. The molecule has 0 spiro atoms. The second-order valence-corrected chi connectivity index (χ2v) is 5.97. The van der Waals surface area contributed by atoms with Gasteiger partial charge in [0, 0.05) is 6.54 Å². The number of aromatic nitrogens is 1. The maximum absolute atomic E-state index is 12.1. The lowest BCUT2D eigenvalue weighted by Gasteiger charge is -2.05. The third kappa shape index (κ3) is 3.43. The highest BCUT2D eigenvalue weighted by molar-refractivity contribution is 6.42. The van der Waals surface area contributed by atoms with Crippen LogP contribution in [0.5, 0.6) is 0 Å². The zero-order valence-corrected chi connectivity index (χ0v) is 13.2. The van der Waals surface area contributed by atoms with Gasteiger partial charge in [0.25, 0.3) is 5.91 Å². The van der Waals surface area contributed by atoms with E-state index in [9.17, 15) is 4.79 Å². The molecule has 1 amide bonds. The normalized spacial score (nSPS) is 17.6. The van der Waals surface area contributed by atoms with E-state index in [-0.39, 0.29) is 17.6 Å². The van der Waals surface area contributed by atoms with Gasteiger partial charge in [-0.1, -0.05) is 29.3 Å². The van der Waals surface area contributed by atoms with Crippen LogP contribution >= 0.6 is 23.2 Å². The zero-order valence-electron chi connectivity index (χ0n) is 11.7. The molecule has 1 unspecified atom stereocenters. The smallest absolute Gasteiger partial charge is 0.273 e. The minimum atomic E-state index is -0.279. The average molecular weight is 340 g/mol. The number of amides is 1. The van der Waals surface area contributed by atoms with Crippen molar-refractivity contribution in [3.05, 3.63) is 51.7 Å². The Morgan fingerprint density at radius 2 is 2.27 bits per heavy atom. The van der Waals surface area contributed by atoms with Crippen molar-refractivity contribution in [3.8, 4) is 0 Å². The van der Waals surface area contributed by atoms with Gasteiger partial charge in [-0.3, -0.25) is 4.79 Å². The van der Waals surface area contributed by atoms with Gasteiger partial charge in [0.1, 0.15) is 6.26 Å². The molecule has 1 atom stereocenters. The molecule has 1 aliphatic heterocycles. The lowest BCUT2D eigenvalue weighted by Crippen LogP contribution is -2.23. The van der Waals surface area contributed by atoms with Crippen molar-refractivity contribution in [2.24, 2.45) is 0 Å². The molecule has 116 valence electrons. The second-order valence-electron chi connectivity index (χ2n) is 5.15. The number of carbonyl (C=O) groups excluding carboxylic acids is 1. The molecular weight excluding hydrogens is 325 g/mol. The Morgan fingerprint density at radius 3 is 3.00 bits per heavy atom. The third-order valence-electron chi connectivity index (χ3n) is 3.55. The molecule has 5 nitrogen and oxygen atoms in total. The van der Waals surface area contributed by atoms with E-state index in [1.165, 1.54) is 6.26 Å². The highest BCUT2D eigenvalue weighted by Gasteiger charge is 2.22. The number of rotatable bonds is 4. The van der Waals surface area contributed by atoms with Crippen LogP contribution < -0.4 is 10.6 Å². The van der Waals surface area contributed by atoms with Crippen LogP contribution in [0.3, 0.4) is 0 Å². The van der Waals surface area contributed by atoms with E-state index in [1.807, 2.05) is 6.07 Å². The Hall–Kier alpha value is -1.56. The summed E-state index contributed by atoms with van der Waals surface area (Å²) in [4.78, 5) is 16.3. The van der Waals surface area contributed by atoms with Gasteiger partial charge >= 0.3 is 0 Å². The molecule has 0 radical (unpaired) electrons. The molecule has 3 rings (SSSR count). The maximum Gasteiger partial charge on any atom is 0.273 e. The summed E-state index contributed by atoms with van der Waals surface area (Å²) < 4.78 is 5.38. The number of carbonyl (C=O) groups is 1. The molecule has 2 N–H and O–H groups in total. The molecule has 1 fully saturated rings. The van der Waals surface area contributed by atoms with Gasteiger partial charge in [0.05, 0.1) is 16.1 Å². The number of halogens is 2. The molecule has 1 aliphatic rings. The van der Waals surface area contributed by atoms with Gasteiger partial charge in [0.15, 0.2) is 5.69 Å². The van der Waals surface area contributed by atoms with Gasteiger partial charge < -0.3 is 15.1 Å². The molecule has 2 aromatic rings. The summed E-state index contributed by atoms with van der Waals surface area (Å²) in [6.45, 7) is 1.30. The van der Waals surface area contributed by atoms with E-state index < -0.39 is 0 Å². The lowest BCUT2D eigenvalue weighted by atomic mass is 10.2. The summed E-state index contributed by atoms with van der Waals surface area (Å²) in [6, 6.07) is 5.34. The zero-order chi connectivity index (χ0) is 15.5. The van der Waals surface area contributed by atoms with E-state index in [4.69, 9.17) is 27.6 Å². The van der Waals surface area contributed by atoms with Crippen LogP contribution in [-0.4, -0.2) is 17.4 Å². The predicted octanol–water partition coefficient (Wildman–Crippen LogP) is 3.34. The van der Waals surface area contributed by atoms with Crippen molar-refractivity contribution in [3.63, 3.8) is 0 Å². The van der Waals surface area contributed by atoms with Crippen LogP contribution in [0.25, 0.3) is 0 Å². The van der Waals surface area contributed by atoms with Crippen LogP contribution in [0.1, 0.15) is 40.8 Å². The fourth-order valence-electron chi connectivity index (χ4n) is 2.37. The first-order chi connectivity index (χ1) is 10.6. The van der Waals surface area contributed by atoms with Crippen LogP contribution in [0.15, 0.2) is 28.9 Å². The predicted molar refractivity (Wildman–Crippen MR) is 84.1 cm³/mol. The summed E-state index contributed by atoms with van der Waals surface area (Å²) in [6.07, 6.45) is 3.45. The number of nitrogens with zero attached hydrogens (tertiary/aromatic N) is 1. The average Bonchev–Trinajstić information content (AvgIpc) is 3.18. The Bertz CT molecular complexity index is 681. The molecular formula is C15H15Cl2N3O2. The van der Waals surface area contributed by atoms with Gasteiger partial charge in [-0.25, -0.2) is 4.98 Å². The highest BCUT2D eigenvalue weighted by Crippen LogP contribution is 2.23. The first-order valence-corrected chi connectivity index (χ1v) is 7.80. The third-order valence-corrected chi connectivity index (χ3v) is 4.29. The highest BCUT2D eigenvalue weighted by atomic mass is 35.5. The summed E-state index contributed by atoms with van der Waals surface area (Å²) in [5.41, 5.74) is 1.15. The SMILES string of the molecule is O=C(NCc1ccc(Cl)c(Cl)c1)c1coc(C2CCCN2)n1. The molecule has 1 aromatic heterocycles. The van der Waals surface area contributed by atoms with Crippen LogP contribution in [-0.2, 0) is 6.54 Å². The first-order valence-electron chi connectivity index (χ1n) is 7.04. The largest absolute Gasteiger partial charge is 0.446 e. The minimum Gasteiger partial charge on any atom is -0.446 e. The summed E-state index contributed by atoms with van der Waals surface area (Å²) >= 11 is 11.8. The van der Waals surface area contributed by atoms with Gasteiger partial charge in [-0.05, 0) is 37.1 Å². The number of hydrogen-bond acceptors (Lipinski definition) is 4. The summed E-state index contributed by atoms with van der Waals surface area (Å²) in [7, 11) is 0. The maximum atomic E-state index is 12.1. The number of hydrogen-bond donors (Lipinski definition) is 2. The molecule has 7 heteroatoms. The Balaban J connectivity index is 1.60. The van der Waals surface area contributed by atoms with E-state index in [2.05, 4.69) is 15.6 Å². The van der Waals surface area contributed by atoms with Gasteiger partial charge in [-0.15, -0.1) is 0 Å². The molecule has 22 heavy (non-hydrogen) atoms. The molecule has 0 saturated carbocycles. The summed E-state index contributed by atoms with van der Waals surface area (Å²) in [5.74, 6) is 0.288. The molecule has 0 aliphatic carbocycles. The fourth-order valence-corrected chi connectivity index (χ4v) is 2.69. The monoisotopic (exact) mass is 339 g/mol. The Morgan fingerprint density at radius 1 is 1.41 bits per heavy atom. The van der Waals surface area contributed by atoms with Crippen molar-refractivity contribution >= 4 is 29.1 Å². The lowest BCUT2D eigenvalue weighted by molar-refractivity contribution is 0.0946. The minimum absolute atomic E-state index is 0.108. The van der Waals surface area contributed by atoms with Crippen molar-refractivity contribution in [2.45, 2.75) is 25.4 Å². The van der Waals surface area contributed by atoms with Gasteiger partial charge in [-0.2, -0.15) is 0 Å². The van der Waals surface area contributed by atoms with Crippen LogP contribution in [0.4, 0.5) is 0 Å². The van der Waals surface area contributed by atoms with E-state index in [1.54, 1.807) is 12.1 Å². The van der Waals surface area contributed by atoms with Crippen molar-refractivity contribution in [1.82, 2.24) is 15.6 Å². The van der Waals surface area contributed by atoms with Gasteiger partial charge in [0.2, 0.25) is 5.89 Å².